The Balaban J connectivity index is 1.52. The normalized spacial score (nSPS) is 16.2. The summed E-state index contributed by atoms with van der Waals surface area (Å²) in [5.41, 5.74) is 1.76. The lowest BCUT2D eigenvalue weighted by Gasteiger charge is -2.34. The maximum Gasteiger partial charge on any atom is 0.286 e. The molecule has 1 aliphatic carbocycles. The third-order valence-electron chi connectivity index (χ3n) is 6.24. The van der Waals surface area contributed by atoms with Crippen molar-refractivity contribution in [1.82, 2.24) is 9.21 Å². The van der Waals surface area contributed by atoms with Gasteiger partial charge in [0.1, 0.15) is 5.56 Å². The average molecular weight is 490 g/mol. The number of nitro groups is 1. The number of hydrogen-bond acceptors (Lipinski definition) is 7. The SMILES string of the molecule is CCOc1cc(C(=O)N2CCN(S(=O)(=O)c3ccc4c(c3)CCC4)CC2)c([N+](=O)[O-])cc1OC. The van der Waals surface area contributed by atoms with Crippen LogP contribution in [0.25, 0.3) is 0 Å². The minimum Gasteiger partial charge on any atom is -0.493 e. The van der Waals surface area contributed by atoms with Crippen molar-refractivity contribution in [2.45, 2.75) is 31.1 Å². The Hall–Kier alpha value is -3.18. The number of rotatable bonds is 7. The van der Waals surface area contributed by atoms with Crippen LogP contribution in [0.1, 0.15) is 34.8 Å². The van der Waals surface area contributed by atoms with Gasteiger partial charge in [-0.3, -0.25) is 14.9 Å². The second-order valence-corrected chi connectivity index (χ2v) is 10.1. The van der Waals surface area contributed by atoms with Crippen molar-refractivity contribution >= 4 is 21.6 Å². The molecule has 34 heavy (non-hydrogen) atoms. The van der Waals surface area contributed by atoms with Gasteiger partial charge in [-0.25, -0.2) is 8.42 Å². The predicted octanol–water partition coefficient (Wildman–Crippen LogP) is 2.64. The van der Waals surface area contributed by atoms with Gasteiger partial charge in [0.2, 0.25) is 10.0 Å². The number of benzene rings is 2. The molecule has 0 atom stereocenters. The van der Waals surface area contributed by atoms with Crippen molar-refractivity contribution < 1.29 is 27.6 Å². The van der Waals surface area contributed by atoms with Gasteiger partial charge in [-0.1, -0.05) is 6.07 Å². The first-order chi connectivity index (χ1) is 16.3. The van der Waals surface area contributed by atoms with Crippen molar-refractivity contribution in [3.63, 3.8) is 0 Å². The number of hydrogen-bond donors (Lipinski definition) is 0. The van der Waals surface area contributed by atoms with E-state index in [1.807, 2.05) is 6.07 Å². The van der Waals surface area contributed by atoms with E-state index in [2.05, 4.69) is 0 Å². The molecule has 10 nitrogen and oxygen atoms in total. The van der Waals surface area contributed by atoms with E-state index in [0.29, 0.717) is 6.61 Å². The maximum absolute atomic E-state index is 13.2. The minimum absolute atomic E-state index is 0.105. The summed E-state index contributed by atoms with van der Waals surface area (Å²) in [5.74, 6) is -0.156. The quantitative estimate of drug-likeness (QED) is 0.433. The monoisotopic (exact) mass is 489 g/mol. The predicted molar refractivity (Wildman–Crippen MR) is 124 cm³/mol. The molecule has 0 radical (unpaired) electrons. The van der Waals surface area contributed by atoms with E-state index in [0.717, 1.165) is 24.8 Å². The number of methoxy groups -OCH3 is 1. The van der Waals surface area contributed by atoms with Crippen LogP contribution in [0, 0.1) is 10.1 Å². The van der Waals surface area contributed by atoms with Gasteiger partial charge < -0.3 is 14.4 Å². The van der Waals surface area contributed by atoms with Crippen LogP contribution in [-0.2, 0) is 22.9 Å². The summed E-state index contributed by atoms with van der Waals surface area (Å²) in [4.78, 5) is 25.9. The highest BCUT2D eigenvalue weighted by atomic mass is 32.2. The molecule has 2 aliphatic rings. The standard InChI is InChI=1S/C23H27N3O7S/c1-3-33-22-14-19(20(26(28)29)15-21(22)32-2)23(27)24-9-11-25(12-10-24)34(30,31)18-8-7-16-5-4-6-17(16)13-18/h7-8,13-15H,3-6,9-12H2,1-2H3. The molecular formula is C23H27N3O7S. The summed E-state index contributed by atoms with van der Waals surface area (Å²) >= 11 is 0. The van der Waals surface area contributed by atoms with Gasteiger partial charge in [0, 0.05) is 32.2 Å². The maximum atomic E-state index is 13.2. The third kappa shape index (κ3) is 4.45. The Morgan fingerprint density at radius 2 is 1.76 bits per heavy atom. The number of sulfonamides is 1. The highest BCUT2D eigenvalue weighted by Crippen LogP contribution is 2.35. The number of ether oxygens (including phenoxy) is 2. The van der Waals surface area contributed by atoms with Gasteiger partial charge in [-0.2, -0.15) is 4.31 Å². The molecule has 2 aromatic rings. The minimum atomic E-state index is -3.69. The fraction of sp³-hybridized carbons (Fsp3) is 0.435. The van der Waals surface area contributed by atoms with E-state index in [1.54, 1.807) is 19.1 Å². The molecule has 1 fully saturated rings. The van der Waals surface area contributed by atoms with Crippen molar-refractivity contribution in [2.75, 3.05) is 39.9 Å². The topological polar surface area (TPSA) is 119 Å². The van der Waals surface area contributed by atoms with Crippen LogP contribution in [0.2, 0.25) is 0 Å². The second kappa shape index (κ2) is 9.59. The van der Waals surface area contributed by atoms with E-state index in [1.165, 1.54) is 34.0 Å². The Bertz CT molecular complexity index is 1220. The molecular weight excluding hydrogens is 462 g/mol. The number of carbonyl (C=O) groups is 1. The molecule has 0 aromatic heterocycles. The number of amides is 1. The largest absolute Gasteiger partial charge is 0.493 e. The van der Waals surface area contributed by atoms with Gasteiger partial charge in [-0.15, -0.1) is 0 Å². The van der Waals surface area contributed by atoms with Crippen LogP contribution in [-0.4, -0.2) is 68.3 Å². The van der Waals surface area contributed by atoms with E-state index in [-0.39, 0.29) is 48.1 Å². The highest BCUT2D eigenvalue weighted by Gasteiger charge is 2.34. The van der Waals surface area contributed by atoms with Crippen LogP contribution >= 0.6 is 0 Å². The Morgan fingerprint density at radius 3 is 2.41 bits per heavy atom. The van der Waals surface area contributed by atoms with E-state index in [4.69, 9.17) is 9.47 Å². The lowest BCUT2D eigenvalue weighted by molar-refractivity contribution is -0.385. The molecule has 1 amide bonds. The molecule has 4 rings (SSSR count). The zero-order valence-corrected chi connectivity index (χ0v) is 20.0. The number of carbonyl (C=O) groups excluding carboxylic acids is 1. The molecule has 1 saturated heterocycles. The lowest BCUT2D eigenvalue weighted by Crippen LogP contribution is -2.50. The van der Waals surface area contributed by atoms with Gasteiger partial charge in [0.25, 0.3) is 11.6 Å². The number of nitrogens with zero attached hydrogens (tertiary/aromatic N) is 3. The van der Waals surface area contributed by atoms with Gasteiger partial charge in [0.15, 0.2) is 11.5 Å². The summed E-state index contributed by atoms with van der Waals surface area (Å²) in [5, 5.41) is 11.6. The summed E-state index contributed by atoms with van der Waals surface area (Å²) < 4.78 is 38.3. The molecule has 1 aliphatic heterocycles. The van der Waals surface area contributed by atoms with Gasteiger partial charge >= 0.3 is 0 Å². The Kier molecular flexibility index (Phi) is 6.76. The fourth-order valence-corrected chi connectivity index (χ4v) is 5.93. The smallest absolute Gasteiger partial charge is 0.286 e. The molecule has 0 bridgehead atoms. The first-order valence-electron chi connectivity index (χ1n) is 11.2. The molecule has 2 aromatic carbocycles. The van der Waals surface area contributed by atoms with Crippen LogP contribution < -0.4 is 9.47 Å². The fourth-order valence-electron chi connectivity index (χ4n) is 4.46. The van der Waals surface area contributed by atoms with Crippen molar-refractivity contribution in [3.05, 3.63) is 57.1 Å². The zero-order valence-electron chi connectivity index (χ0n) is 19.2. The van der Waals surface area contributed by atoms with Gasteiger partial charge in [-0.05, 0) is 49.4 Å². The molecule has 0 N–H and O–H groups in total. The number of fused-ring (bicyclic) bond motifs is 1. The number of nitro benzene ring substituents is 1. The first kappa shape index (κ1) is 24.0. The van der Waals surface area contributed by atoms with Crippen LogP contribution in [0.15, 0.2) is 35.2 Å². The zero-order chi connectivity index (χ0) is 24.5. The van der Waals surface area contributed by atoms with Crippen LogP contribution in [0.5, 0.6) is 11.5 Å². The number of piperazine rings is 1. The molecule has 1 heterocycles. The summed E-state index contributed by atoms with van der Waals surface area (Å²) in [6, 6.07) is 7.77. The summed E-state index contributed by atoms with van der Waals surface area (Å²) in [7, 11) is -2.33. The molecule has 0 saturated carbocycles. The van der Waals surface area contributed by atoms with Crippen LogP contribution in [0.4, 0.5) is 5.69 Å². The van der Waals surface area contributed by atoms with E-state index >= 15 is 0 Å². The van der Waals surface area contributed by atoms with Gasteiger partial charge in [0.05, 0.1) is 29.6 Å². The van der Waals surface area contributed by atoms with E-state index in [9.17, 15) is 23.3 Å². The molecule has 182 valence electrons. The van der Waals surface area contributed by atoms with Crippen molar-refractivity contribution in [2.24, 2.45) is 0 Å². The highest BCUT2D eigenvalue weighted by molar-refractivity contribution is 7.89. The third-order valence-corrected chi connectivity index (χ3v) is 8.14. The lowest BCUT2D eigenvalue weighted by atomic mass is 10.1. The summed E-state index contributed by atoms with van der Waals surface area (Å²) in [6.07, 6.45) is 2.88. The first-order valence-corrected chi connectivity index (χ1v) is 12.6. The second-order valence-electron chi connectivity index (χ2n) is 8.19. The Labute approximate surface area is 198 Å². The number of aryl methyl sites for hydroxylation is 2. The van der Waals surface area contributed by atoms with Crippen molar-refractivity contribution in [1.29, 1.82) is 0 Å². The molecule has 0 spiro atoms. The summed E-state index contributed by atoms with van der Waals surface area (Å²) in [6.45, 7) is 2.50. The Morgan fingerprint density at radius 1 is 1.06 bits per heavy atom. The van der Waals surface area contributed by atoms with E-state index < -0.39 is 26.5 Å². The average Bonchev–Trinajstić information content (AvgIpc) is 3.31. The molecule has 0 unspecified atom stereocenters. The molecule has 11 heteroatoms. The van der Waals surface area contributed by atoms with Crippen molar-refractivity contribution in [3.8, 4) is 11.5 Å². The van der Waals surface area contributed by atoms with Crippen LogP contribution in [0.3, 0.4) is 0 Å².